The number of halogens is 1. The van der Waals surface area contributed by atoms with Crippen molar-refractivity contribution in [2.45, 2.75) is 31.2 Å². The second-order valence-corrected chi connectivity index (χ2v) is 8.77. The van der Waals surface area contributed by atoms with E-state index >= 15 is 0 Å². The molecule has 0 spiro atoms. The highest BCUT2D eigenvalue weighted by Gasteiger charge is 2.21. The van der Waals surface area contributed by atoms with Crippen molar-refractivity contribution >= 4 is 29.3 Å². The third-order valence-corrected chi connectivity index (χ3v) is 6.39. The average molecular weight is 455 g/mol. The number of amides is 1. The molecule has 1 aliphatic heterocycles. The average Bonchev–Trinajstić information content (AvgIpc) is 2.78. The number of carbonyl (C=O) groups is 1. The number of fused-ring (bicyclic) bond motifs is 1. The van der Waals surface area contributed by atoms with E-state index in [4.69, 9.17) is 11.6 Å². The van der Waals surface area contributed by atoms with Crippen molar-refractivity contribution in [2.75, 3.05) is 12.3 Å². The van der Waals surface area contributed by atoms with E-state index in [1.165, 1.54) is 17.3 Å². The minimum absolute atomic E-state index is 0.123. The van der Waals surface area contributed by atoms with Crippen molar-refractivity contribution in [2.24, 2.45) is 0 Å². The van der Waals surface area contributed by atoms with Crippen molar-refractivity contribution in [1.82, 2.24) is 20.2 Å². The number of aromatic nitrogens is 2. The maximum absolute atomic E-state index is 12.6. The SMILES string of the molecule is O=C(CSc1nc2c(c(=O)[nH]1)CN(Cc1ccccc1)CC2)NCc1ccccc1Cl. The Hall–Kier alpha value is -2.61. The minimum atomic E-state index is -0.140. The van der Waals surface area contributed by atoms with Gasteiger partial charge in [-0.1, -0.05) is 71.9 Å². The van der Waals surface area contributed by atoms with Crippen LogP contribution in [-0.2, 0) is 30.8 Å². The predicted molar refractivity (Wildman–Crippen MR) is 123 cm³/mol. The normalized spacial score (nSPS) is 13.6. The number of nitrogens with zero attached hydrogens (tertiary/aromatic N) is 2. The van der Waals surface area contributed by atoms with Crippen LogP contribution in [-0.4, -0.2) is 33.1 Å². The van der Waals surface area contributed by atoms with E-state index in [-0.39, 0.29) is 17.2 Å². The van der Waals surface area contributed by atoms with Gasteiger partial charge in [0.05, 0.1) is 17.0 Å². The number of thioether (sulfide) groups is 1. The molecule has 1 aromatic heterocycles. The first kappa shape index (κ1) is 21.6. The molecule has 0 fully saturated rings. The van der Waals surface area contributed by atoms with E-state index in [2.05, 4.69) is 32.3 Å². The molecule has 8 heteroatoms. The lowest BCUT2D eigenvalue weighted by molar-refractivity contribution is -0.118. The van der Waals surface area contributed by atoms with Gasteiger partial charge in [0.2, 0.25) is 5.91 Å². The molecule has 0 saturated heterocycles. The molecule has 1 amide bonds. The van der Waals surface area contributed by atoms with Crippen LogP contribution in [0.4, 0.5) is 0 Å². The van der Waals surface area contributed by atoms with Gasteiger partial charge in [0.25, 0.3) is 5.56 Å². The van der Waals surface area contributed by atoms with Crippen LogP contribution in [0.15, 0.2) is 64.5 Å². The molecule has 0 bridgehead atoms. The van der Waals surface area contributed by atoms with Crippen LogP contribution in [0.5, 0.6) is 0 Å². The highest BCUT2D eigenvalue weighted by atomic mass is 35.5. The molecule has 160 valence electrons. The Morgan fingerprint density at radius 1 is 1.16 bits per heavy atom. The molecule has 0 saturated carbocycles. The molecule has 2 heterocycles. The highest BCUT2D eigenvalue weighted by molar-refractivity contribution is 7.99. The molecule has 31 heavy (non-hydrogen) atoms. The summed E-state index contributed by atoms with van der Waals surface area (Å²) >= 11 is 7.34. The zero-order chi connectivity index (χ0) is 21.6. The van der Waals surface area contributed by atoms with Crippen molar-refractivity contribution in [3.63, 3.8) is 0 Å². The lowest BCUT2D eigenvalue weighted by Crippen LogP contribution is -2.35. The van der Waals surface area contributed by atoms with E-state index < -0.39 is 0 Å². The topological polar surface area (TPSA) is 78.1 Å². The summed E-state index contributed by atoms with van der Waals surface area (Å²) in [7, 11) is 0. The van der Waals surface area contributed by atoms with Gasteiger partial charge in [-0.15, -0.1) is 0 Å². The summed E-state index contributed by atoms with van der Waals surface area (Å²) in [6.07, 6.45) is 0.721. The third-order valence-electron chi connectivity index (χ3n) is 5.15. The number of hydrogen-bond acceptors (Lipinski definition) is 5. The number of nitrogens with one attached hydrogen (secondary N) is 2. The number of benzene rings is 2. The van der Waals surface area contributed by atoms with Crippen LogP contribution in [0, 0.1) is 0 Å². The van der Waals surface area contributed by atoms with E-state index in [1.54, 1.807) is 6.07 Å². The fourth-order valence-electron chi connectivity index (χ4n) is 3.52. The van der Waals surface area contributed by atoms with Gasteiger partial charge in [-0.2, -0.15) is 0 Å². The second kappa shape index (κ2) is 10.1. The van der Waals surface area contributed by atoms with Gasteiger partial charge in [0.15, 0.2) is 5.16 Å². The number of aromatic amines is 1. The van der Waals surface area contributed by atoms with Crippen molar-refractivity contribution < 1.29 is 4.79 Å². The zero-order valence-corrected chi connectivity index (χ0v) is 18.5. The quantitative estimate of drug-likeness (QED) is 0.422. The molecule has 2 N–H and O–H groups in total. The van der Waals surface area contributed by atoms with Gasteiger partial charge in [-0.3, -0.25) is 14.5 Å². The molecule has 1 aliphatic rings. The molecule has 0 radical (unpaired) electrons. The number of rotatable bonds is 7. The first-order valence-corrected chi connectivity index (χ1v) is 11.5. The lowest BCUT2D eigenvalue weighted by Gasteiger charge is -2.27. The summed E-state index contributed by atoms with van der Waals surface area (Å²) in [5, 5.41) is 3.95. The Labute approximate surface area is 190 Å². The summed E-state index contributed by atoms with van der Waals surface area (Å²) in [5.41, 5.74) is 3.51. The highest BCUT2D eigenvalue weighted by Crippen LogP contribution is 2.19. The molecule has 0 atom stereocenters. The van der Waals surface area contributed by atoms with Gasteiger partial charge in [0, 0.05) is 37.6 Å². The van der Waals surface area contributed by atoms with Crippen LogP contribution in [0.3, 0.4) is 0 Å². The molecule has 4 rings (SSSR count). The Balaban J connectivity index is 1.33. The van der Waals surface area contributed by atoms with Crippen LogP contribution >= 0.6 is 23.4 Å². The van der Waals surface area contributed by atoms with Crippen molar-refractivity contribution in [3.05, 3.63) is 92.4 Å². The standard InChI is InChI=1S/C23H23ClN4O2S/c24-19-9-5-4-8-17(19)12-25-21(29)15-31-23-26-20-10-11-28(14-18(20)22(30)27-23)13-16-6-2-1-3-7-16/h1-9H,10-15H2,(H,25,29)(H,26,27,30). The minimum Gasteiger partial charge on any atom is -0.351 e. The van der Waals surface area contributed by atoms with Crippen LogP contribution in [0.2, 0.25) is 5.02 Å². The van der Waals surface area contributed by atoms with Crippen LogP contribution in [0.25, 0.3) is 0 Å². The zero-order valence-electron chi connectivity index (χ0n) is 16.9. The Bertz CT molecular complexity index is 1120. The van der Waals surface area contributed by atoms with E-state index in [9.17, 15) is 9.59 Å². The number of hydrogen-bond donors (Lipinski definition) is 2. The summed E-state index contributed by atoms with van der Waals surface area (Å²) < 4.78 is 0. The molecular formula is C23H23ClN4O2S. The molecule has 3 aromatic rings. The summed E-state index contributed by atoms with van der Waals surface area (Å²) in [5.74, 6) is 0.0334. The van der Waals surface area contributed by atoms with E-state index in [0.717, 1.165) is 36.3 Å². The van der Waals surface area contributed by atoms with E-state index in [0.29, 0.717) is 23.3 Å². The predicted octanol–water partition coefficient (Wildman–Crippen LogP) is 3.39. The van der Waals surface area contributed by atoms with Gasteiger partial charge in [0.1, 0.15) is 0 Å². The van der Waals surface area contributed by atoms with Gasteiger partial charge in [-0.05, 0) is 17.2 Å². The fourth-order valence-corrected chi connectivity index (χ4v) is 4.44. The molecule has 0 aliphatic carbocycles. The Morgan fingerprint density at radius 3 is 2.74 bits per heavy atom. The third kappa shape index (κ3) is 5.76. The van der Waals surface area contributed by atoms with Crippen molar-refractivity contribution in [3.8, 4) is 0 Å². The van der Waals surface area contributed by atoms with Crippen molar-refractivity contribution in [1.29, 1.82) is 0 Å². The molecule has 2 aromatic carbocycles. The van der Waals surface area contributed by atoms with Crippen LogP contribution in [0.1, 0.15) is 22.4 Å². The number of carbonyl (C=O) groups excluding carboxylic acids is 1. The smallest absolute Gasteiger partial charge is 0.256 e. The fraction of sp³-hybridized carbons (Fsp3) is 0.261. The maximum atomic E-state index is 12.6. The van der Waals surface area contributed by atoms with E-state index in [1.807, 2.05) is 36.4 Å². The largest absolute Gasteiger partial charge is 0.351 e. The van der Waals surface area contributed by atoms with Gasteiger partial charge in [-0.25, -0.2) is 4.98 Å². The summed E-state index contributed by atoms with van der Waals surface area (Å²) in [4.78, 5) is 34.5. The van der Waals surface area contributed by atoms with Gasteiger partial charge >= 0.3 is 0 Å². The summed E-state index contributed by atoms with van der Waals surface area (Å²) in [6.45, 7) is 2.60. The van der Waals surface area contributed by atoms with Crippen LogP contribution < -0.4 is 10.9 Å². The lowest BCUT2D eigenvalue weighted by atomic mass is 10.1. The first-order chi connectivity index (χ1) is 15.1. The Morgan fingerprint density at radius 2 is 1.94 bits per heavy atom. The Kier molecular flexibility index (Phi) is 7.06. The molecular weight excluding hydrogens is 432 g/mol. The number of H-pyrrole nitrogens is 1. The summed E-state index contributed by atoms with van der Waals surface area (Å²) in [6, 6.07) is 17.6. The maximum Gasteiger partial charge on any atom is 0.256 e. The monoisotopic (exact) mass is 454 g/mol. The molecule has 0 unspecified atom stereocenters. The molecule has 6 nitrogen and oxygen atoms in total. The first-order valence-electron chi connectivity index (χ1n) is 10.1. The second-order valence-electron chi connectivity index (χ2n) is 7.40. The van der Waals surface area contributed by atoms with Gasteiger partial charge < -0.3 is 10.3 Å².